The summed E-state index contributed by atoms with van der Waals surface area (Å²) in [5.41, 5.74) is 1.09. The molecule has 1 heterocycles. The van der Waals surface area contributed by atoms with Crippen LogP contribution in [0.1, 0.15) is 30.1 Å². The minimum atomic E-state index is -3.25. The minimum absolute atomic E-state index is 0.167. The van der Waals surface area contributed by atoms with Crippen molar-refractivity contribution in [1.82, 2.24) is 5.32 Å². The maximum atomic E-state index is 12.4. The summed E-state index contributed by atoms with van der Waals surface area (Å²) in [6.45, 7) is 2.72. The summed E-state index contributed by atoms with van der Waals surface area (Å²) >= 11 is 0. The van der Waals surface area contributed by atoms with Crippen LogP contribution in [0, 0.1) is 0 Å². The second kappa shape index (κ2) is 8.43. The van der Waals surface area contributed by atoms with E-state index in [0.29, 0.717) is 30.8 Å². The van der Waals surface area contributed by atoms with Crippen LogP contribution in [0.3, 0.4) is 0 Å². The Morgan fingerprint density at radius 2 is 1.81 bits per heavy atom. The van der Waals surface area contributed by atoms with Gasteiger partial charge in [-0.2, -0.15) is 0 Å². The maximum absolute atomic E-state index is 12.4. The highest BCUT2D eigenvalue weighted by Crippen LogP contribution is 2.23. The van der Waals surface area contributed by atoms with Gasteiger partial charge in [0, 0.05) is 12.1 Å². The topological polar surface area (TPSA) is 75.7 Å². The van der Waals surface area contributed by atoms with Crippen molar-refractivity contribution in [3.8, 4) is 5.75 Å². The van der Waals surface area contributed by atoms with Crippen LogP contribution < -0.4 is 14.4 Å². The number of sulfonamides is 1. The fourth-order valence-electron chi connectivity index (χ4n) is 2.94. The van der Waals surface area contributed by atoms with Crippen LogP contribution in [-0.2, 0) is 10.0 Å². The molecule has 1 amide bonds. The predicted molar refractivity (Wildman–Crippen MR) is 106 cm³/mol. The summed E-state index contributed by atoms with van der Waals surface area (Å²) in [4.78, 5) is 12.4. The van der Waals surface area contributed by atoms with Crippen LogP contribution in [0.5, 0.6) is 5.75 Å². The first-order valence-corrected chi connectivity index (χ1v) is 10.7. The predicted octanol–water partition coefficient (Wildman–Crippen LogP) is 2.81. The third kappa shape index (κ3) is 5.01. The van der Waals surface area contributed by atoms with Gasteiger partial charge in [-0.05, 0) is 56.2 Å². The number of benzene rings is 2. The molecule has 0 aliphatic carbocycles. The van der Waals surface area contributed by atoms with Gasteiger partial charge in [-0.3, -0.25) is 9.10 Å². The van der Waals surface area contributed by atoms with E-state index in [1.807, 2.05) is 37.3 Å². The molecule has 7 heteroatoms. The number of para-hydroxylation sites is 1. The highest BCUT2D eigenvalue weighted by atomic mass is 32.2. The number of rotatable bonds is 6. The number of hydrogen-bond donors (Lipinski definition) is 1. The SMILES string of the molecule is CC(COc1ccccc1)NC(=O)c1ccc(N2CCCCS2(=O)=O)cc1. The summed E-state index contributed by atoms with van der Waals surface area (Å²) < 4.78 is 31.4. The van der Waals surface area contributed by atoms with Gasteiger partial charge in [-0.25, -0.2) is 8.42 Å². The molecule has 1 aliphatic rings. The van der Waals surface area contributed by atoms with Crippen molar-refractivity contribution < 1.29 is 17.9 Å². The van der Waals surface area contributed by atoms with Gasteiger partial charge in [0.05, 0.1) is 17.5 Å². The van der Waals surface area contributed by atoms with Crippen molar-refractivity contribution in [1.29, 1.82) is 0 Å². The number of nitrogens with one attached hydrogen (secondary N) is 1. The molecule has 0 radical (unpaired) electrons. The summed E-state index contributed by atoms with van der Waals surface area (Å²) in [6.07, 6.45) is 1.54. The third-order valence-corrected chi connectivity index (χ3v) is 6.26. The number of carbonyl (C=O) groups is 1. The van der Waals surface area contributed by atoms with E-state index >= 15 is 0 Å². The summed E-state index contributed by atoms with van der Waals surface area (Å²) in [7, 11) is -3.25. The van der Waals surface area contributed by atoms with Crippen LogP contribution >= 0.6 is 0 Å². The van der Waals surface area contributed by atoms with E-state index in [4.69, 9.17) is 4.74 Å². The number of ether oxygens (including phenoxy) is 1. The molecule has 1 saturated heterocycles. The van der Waals surface area contributed by atoms with E-state index < -0.39 is 10.0 Å². The molecule has 0 saturated carbocycles. The van der Waals surface area contributed by atoms with E-state index in [9.17, 15) is 13.2 Å². The van der Waals surface area contributed by atoms with Crippen molar-refractivity contribution >= 4 is 21.6 Å². The van der Waals surface area contributed by atoms with Crippen molar-refractivity contribution in [2.75, 3.05) is 23.2 Å². The van der Waals surface area contributed by atoms with Gasteiger partial charge in [0.2, 0.25) is 10.0 Å². The molecule has 1 atom stereocenters. The molecule has 27 heavy (non-hydrogen) atoms. The molecule has 1 unspecified atom stereocenters. The molecule has 2 aromatic carbocycles. The largest absolute Gasteiger partial charge is 0.491 e. The number of amides is 1. The molecule has 6 nitrogen and oxygen atoms in total. The number of anilines is 1. The molecule has 1 aliphatic heterocycles. The van der Waals surface area contributed by atoms with E-state index in [0.717, 1.165) is 12.2 Å². The van der Waals surface area contributed by atoms with E-state index in [2.05, 4.69) is 5.32 Å². The zero-order chi connectivity index (χ0) is 19.3. The fourth-order valence-corrected chi connectivity index (χ4v) is 4.58. The Morgan fingerprint density at radius 3 is 2.48 bits per heavy atom. The van der Waals surface area contributed by atoms with Crippen LogP contribution in [0.2, 0.25) is 0 Å². The average Bonchev–Trinajstić information content (AvgIpc) is 2.67. The zero-order valence-electron chi connectivity index (χ0n) is 15.3. The van der Waals surface area contributed by atoms with Crippen molar-refractivity contribution in [2.24, 2.45) is 0 Å². The fraction of sp³-hybridized carbons (Fsp3) is 0.350. The Kier molecular flexibility index (Phi) is 6.01. The Labute approximate surface area is 160 Å². The molecule has 1 N–H and O–H groups in total. The number of nitrogens with zero attached hydrogens (tertiary/aromatic N) is 1. The van der Waals surface area contributed by atoms with Crippen molar-refractivity contribution in [3.63, 3.8) is 0 Å². The standard InChI is InChI=1S/C20H24N2O4S/c1-16(15-26-19-7-3-2-4-8-19)21-20(23)17-9-11-18(12-10-17)22-13-5-6-14-27(22,24)25/h2-4,7-12,16H,5-6,13-15H2,1H3,(H,21,23). The average molecular weight is 388 g/mol. The van der Waals surface area contributed by atoms with Gasteiger partial charge < -0.3 is 10.1 Å². The lowest BCUT2D eigenvalue weighted by molar-refractivity contribution is 0.0926. The summed E-state index contributed by atoms with van der Waals surface area (Å²) in [5.74, 6) is 0.714. The first-order valence-electron chi connectivity index (χ1n) is 9.05. The monoisotopic (exact) mass is 388 g/mol. The van der Waals surface area contributed by atoms with Crippen LogP contribution in [0.25, 0.3) is 0 Å². The lowest BCUT2D eigenvalue weighted by Gasteiger charge is -2.28. The normalized spacial score (nSPS) is 17.1. The quantitative estimate of drug-likeness (QED) is 0.826. The van der Waals surface area contributed by atoms with Crippen LogP contribution in [0.4, 0.5) is 5.69 Å². The minimum Gasteiger partial charge on any atom is -0.491 e. The Morgan fingerprint density at radius 1 is 1.11 bits per heavy atom. The smallest absolute Gasteiger partial charge is 0.251 e. The second-order valence-corrected chi connectivity index (χ2v) is 8.65. The van der Waals surface area contributed by atoms with Gasteiger partial charge >= 0.3 is 0 Å². The van der Waals surface area contributed by atoms with E-state index in [1.165, 1.54) is 4.31 Å². The van der Waals surface area contributed by atoms with E-state index in [-0.39, 0.29) is 17.7 Å². The third-order valence-electron chi connectivity index (χ3n) is 4.39. The van der Waals surface area contributed by atoms with Crippen molar-refractivity contribution in [2.45, 2.75) is 25.8 Å². The van der Waals surface area contributed by atoms with Crippen molar-refractivity contribution in [3.05, 3.63) is 60.2 Å². The first kappa shape index (κ1) is 19.2. The van der Waals surface area contributed by atoms with Crippen LogP contribution in [-0.4, -0.2) is 39.3 Å². The second-order valence-electron chi connectivity index (χ2n) is 6.64. The molecule has 2 aromatic rings. The number of carbonyl (C=O) groups excluding carboxylic acids is 1. The molecular weight excluding hydrogens is 364 g/mol. The summed E-state index contributed by atoms with van der Waals surface area (Å²) in [5, 5.41) is 2.89. The van der Waals surface area contributed by atoms with Gasteiger partial charge in [0.1, 0.15) is 12.4 Å². The molecule has 0 spiro atoms. The van der Waals surface area contributed by atoms with E-state index in [1.54, 1.807) is 24.3 Å². The molecule has 3 rings (SSSR count). The highest BCUT2D eigenvalue weighted by molar-refractivity contribution is 7.92. The van der Waals surface area contributed by atoms with Gasteiger partial charge in [0.25, 0.3) is 5.91 Å². The lowest BCUT2D eigenvalue weighted by Crippen LogP contribution is -2.38. The Bertz CT molecular complexity index is 867. The summed E-state index contributed by atoms with van der Waals surface area (Å²) in [6, 6.07) is 15.9. The molecule has 144 valence electrons. The van der Waals surface area contributed by atoms with Crippen LogP contribution in [0.15, 0.2) is 54.6 Å². The molecule has 1 fully saturated rings. The Balaban J connectivity index is 1.57. The maximum Gasteiger partial charge on any atom is 0.251 e. The van der Waals surface area contributed by atoms with Gasteiger partial charge in [-0.1, -0.05) is 18.2 Å². The zero-order valence-corrected chi connectivity index (χ0v) is 16.1. The van der Waals surface area contributed by atoms with Gasteiger partial charge in [0.15, 0.2) is 0 Å². The highest BCUT2D eigenvalue weighted by Gasteiger charge is 2.26. The molecular formula is C20H24N2O4S. The Hall–Kier alpha value is -2.54. The lowest BCUT2D eigenvalue weighted by atomic mass is 10.1. The molecule has 0 aromatic heterocycles. The number of hydrogen-bond acceptors (Lipinski definition) is 4. The van der Waals surface area contributed by atoms with Gasteiger partial charge in [-0.15, -0.1) is 0 Å². The first-order chi connectivity index (χ1) is 13.0. The molecule has 0 bridgehead atoms.